The van der Waals surface area contributed by atoms with Crippen LogP contribution in [0.2, 0.25) is 0 Å². The van der Waals surface area contributed by atoms with Crippen molar-refractivity contribution in [1.82, 2.24) is 5.32 Å². The highest BCUT2D eigenvalue weighted by Crippen LogP contribution is 2.31. The third-order valence-electron chi connectivity index (χ3n) is 3.38. The molecule has 0 atom stereocenters. The van der Waals surface area contributed by atoms with E-state index in [2.05, 4.69) is 36.5 Å². The van der Waals surface area contributed by atoms with Gasteiger partial charge in [-0.3, -0.25) is 0 Å². The summed E-state index contributed by atoms with van der Waals surface area (Å²) in [5.74, 6) is 0. The third-order valence-corrected chi connectivity index (χ3v) is 3.38. The maximum absolute atomic E-state index is 5.38. The first-order chi connectivity index (χ1) is 7.80. The minimum Gasteiger partial charge on any atom is -0.379 e. The Balaban J connectivity index is 2.13. The van der Waals surface area contributed by atoms with Gasteiger partial charge in [0.15, 0.2) is 0 Å². The maximum atomic E-state index is 5.38. The second kappa shape index (κ2) is 4.98. The van der Waals surface area contributed by atoms with Gasteiger partial charge in [-0.1, -0.05) is 37.6 Å². The SMILES string of the molecule is CCCc1ccc(C2(CNC)COC2)cc1. The molecule has 2 nitrogen and oxygen atoms in total. The molecule has 1 N–H and O–H groups in total. The minimum atomic E-state index is 0.222. The molecule has 1 saturated heterocycles. The van der Waals surface area contributed by atoms with E-state index in [9.17, 15) is 0 Å². The number of hydrogen-bond acceptors (Lipinski definition) is 2. The van der Waals surface area contributed by atoms with Crippen LogP contribution in [0.15, 0.2) is 24.3 Å². The van der Waals surface area contributed by atoms with Crippen LogP contribution in [-0.4, -0.2) is 26.8 Å². The molecule has 1 fully saturated rings. The molecule has 1 aliphatic rings. The molecule has 1 heterocycles. The zero-order valence-electron chi connectivity index (χ0n) is 10.3. The maximum Gasteiger partial charge on any atom is 0.0598 e. The van der Waals surface area contributed by atoms with Crippen LogP contribution >= 0.6 is 0 Å². The summed E-state index contributed by atoms with van der Waals surface area (Å²) < 4.78 is 5.38. The Hall–Kier alpha value is -0.860. The van der Waals surface area contributed by atoms with Gasteiger partial charge in [0, 0.05) is 6.54 Å². The smallest absolute Gasteiger partial charge is 0.0598 e. The van der Waals surface area contributed by atoms with Gasteiger partial charge in [0.05, 0.1) is 18.6 Å². The summed E-state index contributed by atoms with van der Waals surface area (Å²) in [5.41, 5.74) is 3.07. The molecule has 0 unspecified atom stereocenters. The number of nitrogens with one attached hydrogen (secondary N) is 1. The second-order valence-electron chi connectivity index (χ2n) is 4.75. The van der Waals surface area contributed by atoms with E-state index in [0.29, 0.717) is 0 Å². The van der Waals surface area contributed by atoms with Gasteiger partial charge < -0.3 is 10.1 Å². The molecule has 1 aliphatic heterocycles. The fraction of sp³-hybridized carbons (Fsp3) is 0.571. The predicted molar refractivity (Wildman–Crippen MR) is 66.9 cm³/mol. The molecule has 88 valence electrons. The Morgan fingerprint density at radius 2 is 1.94 bits per heavy atom. The fourth-order valence-corrected chi connectivity index (χ4v) is 2.37. The number of hydrogen-bond donors (Lipinski definition) is 1. The summed E-state index contributed by atoms with van der Waals surface area (Å²) in [6.07, 6.45) is 2.39. The highest BCUT2D eigenvalue weighted by molar-refractivity contribution is 5.31. The van der Waals surface area contributed by atoms with Crippen molar-refractivity contribution in [2.24, 2.45) is 0 Å². The van der Waals surface area contributed by atoms with Gasteiger partial charge in [0.1, 0.15) is 0 Å². The van der Waals surface area contributed by atoms with Crippen molar-refractivity contribution in [2.45, 2.75) is 25.2 Å². The predicted octanol–water partition coefficient (Wildman–Crippen LogP) is 2.13. The fourth-order valence-electron chi connectivity index (χ4n) is 2.37. The Labute approximate surface area is 98.0 Å². The van der Waals surface area contributed by atoms with Gasteiger partial charge in [-0.25, -0.2) is 0 Å². The lowest BCUT2D eigenvalue weighted by atomic mass is 9.78. The van der Waals surface area contributed by atoms with E-state index in [1.165, 1.54) is 24.0 Å². The monoisotopic (exact) mass is 219 g/mol. The zero-order chi connectivity index (χ0) is 11.4. The second-order valence-corrected chi connectivity index (χ2v) is 4.75. The highest BCUT2D eigenvalue weighted by atomic mass is 16.5. The summed E-state index contributed by atoms with van der Waals surface area (Å²) in [7, 11) is 2.01. The van der Waals surface area contributed by atoms with Crippen molar-refractivity contribution in [2.75, 3.05) is 26.8 Å². The molecule has 2 heteroatoms. The molecule has 0 aliphatic carbocycles. The standard InChI is InChI=1S/C14H21NO/c1-3-4-12-5-7-13(8-6-12)14(9-15-2)10-16-11-14/h5-8,15H,3-4,9-11H2,1-2H3. The first-order valence-electron chi connectivity index (χ1n) is 6.12. The number of aryl methyl sites for hydroxylation is 1. The van der Waals surface area contributed by atoms with E-state index >= 15 is 0 Å². The van der Waals surface area contributed by atoms with Gasteiger partial charge in [-0.05, 0) is 24.6 Å². The lowest BCUT2D eigenvalue weighted by Gasteiger charge is -2.42. The van der Waals surface area contributed by atoms with Crippen molar-refractivity contribution in [3.8, 4) is 0 Å². The van der Waals surface area contributed by atoms with Crippen molar-refractivity contribution < 1.29 is 4.74 Å². The largest absolute Gasteiger partial charge is 0.379 e. The van der Waals surface area contributed by atoms with E-state index < -0.39 is 0 Å². The average Bonchev–Trinajstić information content (AvgIpc) is 2.25. The molecule has 1 aromatic rings. The van der Waals surface area contributed by atoms with E-state index in [1.54, 1.807) is 0 Å². The number of benzene rings is 1. The summed E-state index contributed by atoms with van der Waals surface area (Å²) >= 11 is 0. The average molecular weight is 219 g/mol. The van der Waals surface area contributed by atoms with Crippen LogP contribution in [0, 0.1) is 0 Å². The van der Waals surface area contributed by atoms with Crippen LogP contribution in [-0.2, 0) is 16.6 Å². The Kier molecular flexibility index (Phi) is 3.62. The summed E-state index contributed by atoms with van der Waals surface area (Å²) in [5, 5.41) is 3.27. The molecule has 0 bridgehead atoms. The number of rotatable bonds is 5. The van der Waals surface area contributed by atoms with E-state index in [1.807, 2.05) is 7.05 Å². The Morgan fingerprint density at radius 1 is 1.25 bits per heavy atom. The highest BCUT2D eigenvalue weighted by Gasteiger charge is 2.39. The topological polar surface area (TPSA) is 21.3 Å². The molecule has 0 amide bonds. The van der Waals surface area contributed by atoms with Gasteiger partial charge in [0.2, 0.25) is 0 Å². The van der Waals surface area contributed by atoms with Crippen LogP contribution in [0.1, 0.15) is 24.5 Å². The van der Waals surface area contributed by atoms with Crippen LogP contribution in [0.4, 0.5) is 0 Å². The molecule has 0 aromatic heterocycles. The van der Waals surface area contributed by atoms with Gasteiger partial charge in [-0.2, -0.15) is 0 Å². The first kappa shape index (κ1) is 11.6. The van der Waals surface area contributed by atoms with Crippen LogP contribution in [0.3, 0.4) is 0 Å². The normalized spacial score (nSPS) is 18.1. The number of likely N-dealkylation sites (N-methyl/N-ethyl adjacent to an activating group) is 1. The van der Waals surface area contributed by atoms with Gasteiger partial charge in [-0.15, -0.1) is 0 Å². The Morgan fingerprint density at radius 3 is 2.38 bits per heavy atom. The first-order valence-corrected chi connectivity index (χ1v) is 6.12. The minimum absolute atomic E-state index is 0.222. The van der Waals surface area contributed by atoms with Crippen molar-refractivity contribution >= 4 is 0 Å². The van der Waals surface area contributed by atoms with Crippen LogP contribution in [0.5, 0.6) is 0 Å². The van der Waals surface area contributed by atoms with Crippen LogP contribution < -0.4 is 5.32 Å². The lowest BCUT2D eigenvalue weighted by Crippen LogP contribution is -2.52. The molecule has 0 saturated carbocycles. The van der Waals surface area contributed by atoms with Crippen molar-refractivity contribution in [1.29, 1.82) is 0 Å². The van der Waals surface area contributed by atoms with E-state index in [-0.39, 0.29) is 5.41 Å². The third kappa shape index (κ3) is 2.13. The molecular formula is C14H21NO. The molecule has 1 aromatic carbocycles. The van der Waals surface area contributed by atoms with Gasteiger partial charge >= 0.3 is 0 Å². The molecule has 16 heavy (non-hydrogen) atoms. The summed E-state index contributed by atoms with van der Waals surface area (Å²) in [6.45, 7) is 4.91. The van der Waals surface area contributed by atoms with Crippen LogP contribution in [0.25, 0.3) is 0 Å². The quantitative estimate of drug-likeness (QED) is 0.819. The zero-order valence-corrected chi connectivity index (χ0v) is 10.3. The summed E-state index contributed by atoms with van der Waals surface area (Å²) in [4.78, 5) is 0. The molecule has 0 spiro atoms. The van der Waals surface area contributed by atoms with Gasteiger partial charge in [0.25, 0.3) is 0 Å². The molecule has 2 rings (SSSR count). The van der Waals surface area contributed by atoms with E-state index in [0.717, 1.165) is 19.8 Å². The van der Waals surface area contributed by atoms with Crippen molar-refractivity contribution in [3.05, 3.63) is 35.4 Å². The lowest BCUT2D eigenvalue weighted by molar-refractivity contribution is -0.0582. The van der Waals surface area contributed by atoms with Crippen molar-refractivity contribution in [3.63, 3.8) is 0 Å². The molecule has 0 radical (unpaired) electrons. The Bertz CT molecular complexity index is 327. The summed E-state index contributed by atoms with van der Waals surface area (Å²) in [6, 6.07) is 9.05. The molecular weight excluding hydrogens is 198 g/mol. The van der Waals surface area contributed by atoms with E-state index in [4.69, 9.17) is 4.74 Å². The number of ether oxygens (including phenoxy) is 1.